The molecule has 0 aliphatic heterocycles. The van der Waals surface area contributed by atoms with Crippen molar-refractivity contribution >= 4 is 5.97 Å². The predicted octanol–water partition coefficient (Wildman–Crippen LogP) is 4.32. The minimum absolute atomic E-state index is 0.199. The highest BCUT2D eigenvalue weighted by molar-refractivity contribution is 5.85. The smallest absolute Gasteiger partial charge is 0.348 e. The number of carbonyl (C=O) groups excluding carboxylic acids is 1. The van der Waals surface area contributed by atoms with Crippen molar-refractivity contribution in [3.8, 4) is 0 Å². The Kier molecular flexibility index (Phi) is 5.26. The number of methoxy groups -OCH3 is 1. The van der Waals surface area contributed by atoms with Crippen LogP contribution >= 0.6 is 0 Å². The zero-order valence-corrected chi connectivity index (χ0v) is 14.1. The van der Waals surface area contributed by atoms with Crippen LogP contribution in [0.1, 0.15) is 16.7 Å². The lowest BCUT2D eigenvalue weighted by Crippen LogP contribution is -2.40. The Morgan fingerprint density at radius 2 is 1.20 bits per heavy atom. The van der Waals surface area contributed by atoms with E-state index in [4.69, 9.17) is 9.47 Å². The third-order valence-electron chi connectivity index (χ3n) is 4.17. The Morgan fingerprint density at radius 3 is 1.64 bits per heavy atom. The van der Waals surface area contributed by atoms with Crippen LogP contribution in [0.4, 0.5) is 0 Å². The third kappa shape index (κ3) is 3.47. The maximum absolute atomic E-state index is 13.1. The van der Waals surface area contributed by atoms with Crippen LogP contribution in [0, 0.1) is 0 Å². The Balaban J connectivity index is 1.97. The molecule has 0 fully saturated rings. The number of carbonyl (C=O) groups is 1. The Hall–Kier alpha value is -2.91. The van der Waals surface area contributed by atoms with E-state index in [2.05, 4.69) is 0 Å². The van der Waals surface area contributed by atoms with Gasteiger partial charge in [0, 0.05) is 7.11 Å². The van der Waals surface area contributed by atoms with Gasteiger partial charge in [-0.1, -0.05) is 91.0 Å². The van der Waals surface area contributed by atoms with Crippen molar-refractivity contribution in [2.75, 3.05) is 7.11 Å². The molecule has 0 saturated carbocycles. The van der Waals surface area contributed by atoms with Crippen molar-refractivity contribution in [1.29, 1.82) is 0 Å². The van der Waals surface area contributed by atoms with Crippen LogP contribution in [0.5, 0.6) is 0 Å². The molecule has 3 aromatic rings. The first-order valence-corrected chi connectivity index (χ1v) is 8.14. The monoisotopic (exact) mass is 332 g/mol. The largest absolute Gasteiger partial charge is 0.458 e. The fourth-order valence-corrected chi connectivity index (χ4v) is 2.89. The molecule has 0 aromatic heterocycles. The molecule has 3 rings (SSSR count). The molecule has 0 saturated heterocycles. The second kappa shape index (κ2) is 7.77. The topological polar surface area (TPSA) is 35.5 Å². The summed E-state index contributed by atoms with van der Waals surface area (Å²) in [4.78, 5) is 13.1. The molecule has 0 amide bonds. The molecule has 0 atom stereocenters. The van der Waals surface area contributed by atoms with Gasteiger partial charge in [-0.3, -0.25) is 0 Å². The van der Waals surface area contributed by atoms with E-state index < -0.39 is 11.6 Å². The summed E-state index contributed by atoms with van der Waals surface area (Å²) in [5.41, 5.74) is 1.11. The molecule has 3 aromatic carbocycles. The number of rotatable bonds is 6. The normalized spacial score (nSPS) is 11.1. The van der Waals surface area contributed by atoms with Crippen molar-refractivity contribution < 1.29 is 14.3 Å². The molecule has 3 heteroatoms. The first-order chi connectivity index (χ1) is 12.3. The van der Waals surface area contributed by atoms with Gasteiger partial charge in [-0.15, -0.1) is 0 Å². The average molecular weight is 332 g/mol. The fraction of sp³-hybridized carbons (Fsp3) is 0.136. The third-order valence-corrected chi connectivity index (χ3v) is 4.17. The number of ether oxygens (including phenoxy) is 2. The molecule has 0 aliphatic carbocycles. The molecule has 0 N–H and O–H groups in total. The highest BCUT2D eigenvalue weighted by Gasteiger charge is 2.44. The van der Waals surface area contributed by atoms with E-state index in [9.17, 15) is 4.79 Å². The Bertz CT molecular complexity index is 759. The summed E-state index contributed by atoms with van der Waals surface area (Å²) < 4.78 is 11.4. The van der Waals surface area contributed by atoms with E-state index in [1.54, 1.807) is 0 Å². The van der Waals surface area contributed by atoms with Gasteiger partial charge in [-0.05, 0) is 16.7 Å². The number of benzene rings is 3. The number of esters is 1. The van der Waals surface area contributed by atoms with Crippen LogP contribution in [-0.2, 0) is 26.5 Å². The fourth-order valence-electron chi connectivity index (χ4n) is 2.89. The van der Waals surface area contributed by atoms with Gasteiger partial charge in [0.2, 0.25) is 5.60 Å². The van der Waals surface area contributed by atoms with Gasteiger partial charge in [0.25, 0.3) is 0 Å². The van der Waals surface area contributed by atoms with Crippen molar-refractivity contribution in [2.24, 2.45) is 0 Å². The lowest BCUT2D eigenvalue weighted by molar-refractivity contribution is -0.166. The first-order valence-electron chi connectivity index (χ1n) is 8.14. The molecular weight excluding hydrogens is 312 g/mol. The van der Waals surface area contributed by atoms with E-state index in [1.807, 2.05) is 91.0 Å². The van der Waals surface area contributed by atoms with Gasteiger partial charge < -0.3 is 9.47 Å². The van der Waals surface area contributed by atoms with Crippen LogP contribution in [0.15, 0.2) is 91.0 Å². The van der Waals surface area contributed by atoms with Crippen molar-refractivity contribution in [3.05, 3.63) is 108 Å². The highest BCUT2D eigenvalue weighted by atomic mass is 16.6. The summed E-state index contributed by atoms with van der Waals surface area (Å²) in [6.45, 7) is 0.199. The van der Waals surface area contributed by atoms with Crippen molar-refractivity contribution in [2.45, 2.75) is 12.2 Å². The predicted molar refractivity (Wildman–Crippen MR) is 96.9 cm³/mol. The zero-order chi connectivity index (χ0) is 17.5. The van der Waals surface area contributed by atoms with E-state index in [1.165, 1.54) is 7.11 Å². The van der Waals surface area contributed by atoms with E-state index in [-0.39, 0.29) is 6.61 Å². The molecular formula is C22H20O3. The zero-order valence-electron chi connectivity index (χ0n) is 14.1. The second-order valence-electron chi connectivity index (χ2n) is 5.68. The quantitative estimate of drug-likeness (QED) is 0.631. The minimum Gasteiger partial charge on any atom is -0.458 e. The summed E-state index contributed by atoms with van der Waals surface area (Å²) in [6.07, 6.45) is 0. The molecule has 0 bridgehead atoms. The summed E-state index contributed by atoms with van der Waals surface area (Å²) in [5, 5.41) is 0. The summed E-state index contributed by atoms with van der Waals surface area (Å²) >= 11 is 0. The van der Waals surface area contributed by atoms with Gasteiger partial charge in [-0.2, -0.15) is 0 Å². The van der Waals surface area contributed by atoms with Gasteiger partial charge in [0.15, 0.2) is 0 Å². The SMILES string of the molecule is COC(C(=O)OCc1ccccc1)(c1ccccc1)c1ccccc1. The standard InChI is InChI=1S/C22H20O3/c1-24-22(19-13-7-3-8-14-19,20-15-9-4-10-16-20)21(23)25-17-18-11-5-2-6-12-18/h2-16H,17H2,1H3. The van der Waals surface area contributed by atoms with Crippen LogP contribution in [-0.4, -0.2) is 13.1 Å². The highest BCUT2D eigenvalue weighted by Crippen LogP contribution is 2.34. The Morgan fingerprint density at radius 1 is 0.760 bits per heavy atom. The Labute approximate surface area is 147 Å². The summed E-state index contributed by atoms with van der Waals surface area (Å²) in [6, 6.07) is 28.5. The van der Waals surface area contributed by atoms with Gasteiger partial charge in [0.1, 0.15) is 6.61 Å². The van der Waals surface area contributed by atoms with Crippen LogP contribution in [0.2, 0.25) is 0 Å². The lowest BCUT2D eigenvalue weighted by atomic mass is 9.86. The molecule has 0 spiro atoms. The maximum atomic E-state index is 13.1. The van der Waals surface area contributed by atoms with Gasteiger partial charge in [-0.25, -0.2) is 4.79 Å². The molecule has 0 radical (unpaired) electrons. The molecule has 0 unspecified atom stereocenters. The van der Waals surface area contributed by atoms with Crippen LogP contribution in [0.3, 0.4) is 0 Å². The van der Waals surface area contributed by atoms with E-state index >= 15 is 0 Å². The maximum Gasteiger partial charge on any atom is 0.348 e. The number of hydrogen-bond donors (Lipinski definition) is 0. The average Bonchev–Trinajstić information content (AvgIpc) is 2.70. The van der Waals surface area contributed by atoms with Crippen LogP contribution < -0.4 is 0 Å². The van der Waals surface area contributed by atoms with E-state index in [0.29, 0.717) is 0 Å². The van der Waals surface area contributed by atoms with Crippen molar-refractivity contribution in [3.63, 3.8) is 0 Å². The molecule has 25 heavy (non-hydrogen) atoms. The molecule has 0 aliphatic rings. The van der Waals surface area contributed by atoms with Gasteiger partial charge in [0.05, 0.1) is 0 Å². The molecule has 126 valence electrons. The van der Waals surface area contributed by atoms with Gasteiger partial charge >= 0.3 is 5.97 Å². The summed E-state index contributed by atoms with van der Waals surface area (Å²) in [5.74, 6) is -0.434. The minimum atomic E-state index is -1.29. The summed E-state index contributed by atoms with van der Waals surface area (Å²) in [7, 11) is 1.53. The lowest BCUT2D eigenvalue weighted by Gasteiger charge is -2.31. The molecule has 0 heterocycles. The first kappa shape index (κ1) is 16.9. The van der Waals surface area contributed by atoms with E-state index in [0.717, 1.165) is 16.7 Å². The molecule has 3 nitrogen and oxygen atoms in total. The van der Waals surface area contributed by atoms with Crippen molar-refractivity contribution in [1.82, 2.24) is 0 Å². The second-order valence-corrected chi connectivity index (χ2v) is 5.68. The van der Waals surface area contributed by atoms with Crippen LogP contribution in [0.25, 0.3) is 0 Å². The number of hydrogen-bond acceptors (Lipinski definition) is 3.